The normalized spacial score (nSPS) is 17.2. The second-order valence-corrected chi connectivity index (χ2v) is 9.57. The molecule has 2 heterocycles. The van der Waals surface area contributed by atoms with Gasteiger partial charge < -0.3 is 5.11 Å². The van der Waals surface area contributed by atoms with Crippen molar-refractivity contribution in [2.75, 3.05) is 0 Å². The van der Waals surface area contributed by atoms with Crippen LogP contribution in [-0.4, -0.2) is 20.1 Å². The number of rotatable bonds is 5. The van der Waals surface area contributed by atoms with Gasteiger partial charge in [0.15, 0.2) is 0 Å². The van der Waals surface area contributed by atoms with Gasteiger partial charge in [0.25, 0.3) is 0 Å². The fourth-order valence-electron chi connectivity index (χ4n) is 4.65. The van der Waals surface area contributed by atoms with Crippen molar-refractivity contribution < 1.29 is 9.50 Å². The predicted octanol–water partition coefficient (Wildman–Crippen LogP) is 5.21. The molecule has 0 radical (unpaired) electrons. The van der Waals surface area contributed by atoms with Crippen LogP contribution in [-0.2, 0) is 11.0 Å². The third-order valence-electron chi connectivity index (χ3n) is 7.02. The molecule has 1 atom stereocenters. The smallest absolute Gasteiger partial charge is 0.140 e. The molecule has 1 saturated carbocycles. The van der Waals surface area contributed by atoms with Crippen LogP contribution in [0.2, 0.25) is 0 Å². The SMILES string of the molecule is Cc1cc(C(C)(C)C#N)cc(F)c1-c1ccc(C(O)(c2cncnc2)C2(C)CCC2)nc1. The lowest BCUT2D eigenvalue weighted by molar-refractivity contribution is -0.0963. The highest BCUT2D eigenvalue weighted by atomic mass is 19.1. The van der Waals surface area contributed by atoms with Gasteiger partial charge in [-0.05, 0) is 56.9 Å². The molecule has 0 aliphatic heterocycles. The topological polar surface area (TPSA) is 82.7 Å². The molecule has 1 unspecified atom stereocenters. The molecule has 0 saturated heterocycles. The largest absolute Gasteiger partial charge is 0.378 e. The standard InChI is InChI=1S/C26H27FN4O/c1-17-10-19(24(2,3)15-28)11-21(27)23(17)18-6-7-22(31-12-18)26(32,25(4)8-5-9-25)20-13-29-16-30-14-20/h6-7,10-14,16,32H,5,8-9H2,1-4H3. The second kappa shape index (κ2) is 7.75. The Morgan fingerprint density at radius 1 is 1.09 bits per heavy atom. The Labute approximate surface area is 188 Å². The number of nitriles is 1. The quantitative estimate of drug-likeness (QED) is 0.600. The molecule has 32 heavy (non-hydrogen) atoms. The summed E-state index contributed by atoms with van der Waals surface area (Å²) in [5.41, 5.74) is 1.05. The average molecular weight is 431 g/mol. The maximum Gasteiger partial charge on any atom is 0.140 e. The molecule has 5 nitrogen and oxygen atoms in total. The van der Waals surface area contributed by atoms with Crippen molar-refractivity contribution in [2.24, 2.45) is 5.41 Å². The molecule has 0 spiro atoms. The van der Waals surface area contributed by atoms with Gasteiger partial charge in [0.2, 0.25) is 0 Å². The van der Waals surface area contributed by atoms with Crippen LogP contribution in [0.25, 0.3) is 11.1 Å². The molecule has 0 amide bonds. The molecule has 1 fully saturated rings. The molecule has 4 rings (SSSR count). The number of hydrogen-bond acceptors (Lipinski definition) is 5. The fraction of sp³-hybridized carbons (Fsp3) is 0.385. The first-order chi connectivity index (χ1) is 15.1. The lowest BCUT2D eigenvalue weighted by atomic mass is 9.57. The number of pyridine rings is 1. The van der Waals surface area contributed by atoms with Gasteiger partial charge in [-0.1, -0.05) is 25.5 Å². The minimum atomic E-state index is -1.33. The van der Waals surface area contributed by atoms with Crippen molar-refractivity contribution >= 4 is 0 Å². The van der Waals surface area contributed by atoms with Crippen LogP contribution < -0.4 is 0 Å². The Morgan fingerprint density at radius 2 is 1.78 bits per heavy atom. The summed E-state index contributed by atoms with van der Waals surface area (Å²) in [5, 5.41) is 21.3. The average Bonchev–Trinajstić information content (AvgIpc) is 2.77. The van der Waals surface area contributed by atoms with Crippen LogP contribution in [0.1, 0.15) is 62.4 Å². The summed E-state index contributed by atoms with van der Waals surface area (Å²) in [5.74, 6) is -0.393. The maximum atomic E-state index is 15.1. The van der Waals surface area contributed by atoms with Gasteiger partial charge in [0.1, 0.15) is 17.7 Å². The summed E-state index contributed by atoms with van der Waals surface area (Å²) in [6.45, 7) is 7.42. The van der Waals surface area contributed by atoms with Gasteiger partial charge in [0, 0.05) is 40.7 Å². The van der Waals surface area contributed by atoms with E-state index in [-0.39, 0.29) is 5.41 Å². The predicted molar refractivity (Wildman–Crippen MR) is 120 cm³/mol. The van der Waals surface area contributed by atoms with Crippen LogP contribution in [0.3, 0.4) is 0 Å². The Hall–Kier alpha value is -3.17. The Balaban J connectivity index is 1.77. The minimum absolute atomic E-state index is 0.377. The molecular weight excluding hydrogens is 403 g/mol. The number of nitrogens with zero attached hydrogens (tertiary/aromatic N) is 4. The lowest BCUT2D eigenvalue weighted by Gasteiger charge is -2.50. The van der Waals surface area contributed by atoms with E-state index in [1.54, 1.807) is 44.6 Å². The van der Waals surface area contributed by atoms with E-state index in [1.165, 1.54) is 12.4 Å². The highest BCUT2D eigenvalue weighted by Crippen LogP contribution is 2.56. The molecule has 1 aliphatic carbocycles. The van der Waals surface area contributed by atoms with E-state index in [0.29, 0.717) is 27.9 Å². The molecule has 0 bridgehead atoms. The van der Waals surface area contributed by atoms with E-state index < -0.39 is 16.8 Å². The van der Waals surface area contributed by atoms with Crippen LogP contribution >= 0.6 is 0 Å². The number of benzene rings is 1. The van der Waals surface area contributed by atoms with E-state index in [2.05, 4.69) is 27.9 Å². The number of hydrogen-bond donors (Lipinski definition) is 1. The van der Waals surface area contributed by atoms with E-state index in [4.69, 9.17) is 0 Å². The second-order valence-electron chi connectivity index (χ2n) is 9.57. The number of halogens is 1. The van der Waals surface area contributed by atoms with E-state index in [1.807, 2.05) is 13.0 Å². The molecule has 6 heteroatoms. The molecule has 1 aromatic carbocycles. The van der Waals surface area contributed by atoms with Gasteiger partial charge in [-0.25, -0.2) is 14.4 Å². The third-order valence-corrected chi connectivity index (χ3v) is 7.02. The van der Waals surface area contributed by atoms with Crippen molar-refractivity contribution in [3.8, 4) is 17.2 Å². The van der Waals surface area contributed by atoms with Gasteiger partial charge in [-0.2, -0.15) is 5.26 Å². The highest BCUT2D eigenvalue weighted by Gasteiger charge is 2.54. The molecular formula is C26H27FN4O. The van der Waals surface area contributed by atoms with Gasteiger partial charge in [-0.15, -0.1) is 0 Å². The number of aromatic nitrogens is 3. The summed E-state index contributed by atoms with van der Waals surface area (Å²) >= 11 is 0. The van der Waals surface area contributed by atoms with Gasteiger partial charge in [-0.3, -0.25) is 4.98 Å². The monoisotopic (exact) mass is 430 g/mol. The van der Waals surface area contributed by atoms with Crippen molar-refractivity contribution in [2.45, 2.75) is 58.0 Å². The Kier molecular flexibility index (Phi) is 5.34. The fourth-order valence-corrected chi connectivity index (χ4v) is 4.65. The zero-order valence-electron chi connectivity index (χ0n) is 18.9. The molecule has 1 aliphatic rings. The highest BCUT2D eigenvalue weighted by molar-refractivity contribution is 5.68. The van der Waals surface area contributed by atoms with E-state index in [0.717, 1.165) is 24.8 Å². The van der Waals surface area contributed by atoms with E-state index >= 15 is 4.39 Å². The zero-order valence-corrected chi connectivity index (χ0v) is 18.9. The van der Waals surface area contributed by atoms with Crippen molar-refractivity contribution in [3.05, 3.63) is 77.4 Å². The van der Waals surface area contributed by atoms with E-state index in [9.17, 15) is 10.4 Å². The van der Waals surface area contributed by atoms with Crippen LogP contribution in [0, 0.1) is 29.5 Å². The van der Waals surface area contributed by atoms with Crippen molar-refractivity contribution in [3.63, 3.8) is 0 Å². The summed E-state index contributed by atoms with van der Waals surface area (Å²) < 4.78 is 15.1. The van der Waals surface area contributed by atoms with Crippen LogP contribution in [0.15, 0.2) is 49.2 Å². The molecule has 2 aromatic heterocycles. The third kappa shape index (κ3) is 3.37. The maximum absolute atomic E-state index is 15.1. The summed E-state index contributed by atoms with van der Waals surface area (Å²) in [4.78, 5) is 12.8. The molecule has 1 N–H and O–H groups in total. The molecule has 3 aromatic rings. The minimum Gasteiger partial charge on any atom is -0.378 e. The zero-order chi connectivity index (χ0) is 23.1. The molecule has 164 valence electrons. The Bertz CT molecular complexity index is 1160. The first-order valence-corrected chi connectivity index (χ1v) is 10.8. The number of aryl methyl sites for hydroxylation is 1. The number of aliphatic hydroxyl groups is 1. The van der Waals surface area contributed by atoms with Crippen molar-refractivity contribution in [1.29, 1.82) is 5.26 Å². The summed E-state index contributed by atoms with van der Waals surface area (Å²) in [6.07, 6.45) is 9.08. The first-order valence-electron chi connectivity index (χ1n) is 10.8. The Morgan fingerprint density at radius 3 is 2.28 bits per heavy atom. The van der Waals surface area contributed by atoms with Crippen LogP contribution in [0.4, 0.5) is 4.39 Å². The van der Waals surface area contributed by atoms with Crippen LogP contribution in [0.5, 0.6) is 0 Å². The van der Waals surface area contributed by atoms with Gasteiger partial charge >= 0.3 is 0 Å². The summed E-state index contributed by atoms with van der Waals surface area (Å²) in [6, 6.07) is 9.05. The van der Waals surface area contributed by atoms with Crippen molar-refractivity contribution in [1.82, 2.24) is 15.0 Å². The van der Waals surface area contributed by atoms with Gasteiger partial charge in [0.05, 0.1) is 17.2 Å². The first kappa shape index (κ1) is 22.0. The lowest BCUT2D eigenvalue weighted by Crippen LogP contribution is -2.49. The summed E-state index contributed by atoms with van der Waals surface area (Å²) in [7, 11) is 0.